The monoisotopic (exact) mass is 605 g/mol. The summed E-state index contributed by atoms with van der Waals surface area (Å²) in [5, 5.41) is 5.60. The summed E-state index contributed by atoms with van der Waals surface area (Å²) in [5.41, 5.74) is 1.24. The molecule has 1 atom stereocenters. The second-order valence-electron chi connectivity index (χ2n) is 9.96. The molecule has 1 aliphatic rings. The summed E-state index contributed by atoms with van der Waals surface area (Å²) in [6, 6.07) is 9.55. The predicted molar refractivity (Wildman–Crippen MR) is 161 cm³/mol. The normalized spacial score (nSPS) is 14.6. The van der Waals surface area contributed by atoms with Crippen LogP contribution in [0.3, 0.4) is 0 Å². The van der Waals surface area contributed by atoms with Gasteiger partial charge in [-0.05, 0) is 43.5 Å². The number of carbonyl (C=O) groups is 2. The molecule has 0 unspecified atom stereocenters. The van der Waals surface area contributed by atoms with E-state index in [0.717, 1.165) is 25.9 Å². The Bertz CT molecular complexity index is 1600. The van der Waals surface area contributed by atoms with E-state index in [-0.39, 0.29) is 12.0 Å². The number of hydrogen-bond donors (Lipinski definition) is 2. The summed E-state index contributed by atoms with van der Waals surface area (Å²) < 4.78 is 36.2. The summed E-state index contributed by atoms with van der Waals surface area (Å²) in [4.78, 5) is 33.2. The lowest BCUT2D eigenvalue weighted by Gasteiger charge is -2.22. The number of anilines is 1. The Morgan fingerprint density at radius 3 is 2.64 bits per heavy atom. The maximum Gasteiger partial charge on any atom is 0.326 e. The standard InChI is InChI=1S/C31H35N5O8/c1-36-19-32-18-24(36)30(37)35-31(38)34-22-9-8-20(15-26(22)39-2)44-25-10-11-33-23-17-28(27(40-3)16-21(23)25)41-13-6-14-43-29-7-4-5-12-42-29/h8-11,15-19,29H,4-7,12-14H2,1-3H3,(H2,34,35,37,38)/t29-/m0/s1. The van der Waals surface area contributed by atoms with Crippen molar-refractivity contribution in [2.75, 3.05) is 39.4 Å². The summed E-state index contributed by atoms with van der Waals surface area (Å²) in [6.45, 7) is 1.74. The number of rotatable bonds is 12. The highest BCUT2D eigenvalue weighted by molar-refractivity contribution is 6.07. The van der Waals surface area contributed by atoms with Crippen molar-refractivity contribution in [1.82, 2.24) is 19.9 Å². The van der Waals surface area contributed by atoms with E-state index in [1.807, 2.05) is 12.1 Å². The molecular weight excluding hydrogens is 570 g/mol. The molecule has 1 fully saturated rings. The quantitative estimate of drug-likeness (QED) is 0.211. The second-order valence-corrected chi connectivity index (χ2v) is 9.96. The molecule has 1 saturated heterocycles. The largest absolute Gasteiger partial charge is 0.494 e. The van der Waals surface area contributed by atoms with Gasteiger partial charge in [0.2, 0.25) is 0 Å². The molecule has 2 aromatic heterocycles. The summed E-state index contributed by atoms with van der Waals surface area (Å²) in [5.74, 6) is 1.83. The van der Waals surface area contributed by atoms with Crippen molar-refractivity contribution >= 4 is 28.5 Å². The van der Waals surface area contributed by atoms with Crippen molar-refractivity contribution in [3.05, 3.63) is 60.8 Å². The van der Waals surface area contributed by atoms with Gasteiger partial charge in [-0.1, -0.05) is 0 Å². The van der Waals surface area contributed by atoms with Crippen molar-refractivity contribution in [2.24, 2.45) is 7.05 Å². The summed E-state index contributed by atoms with van der Waals surface area (Å²) in [7, 11) is 4.70. The van der Waals surface area contributed by atoms with Crippen LogP contribution in [0.25, 0.3) is 10.9 Å². The van der Waals surface area contributed by atoms with Crippen molar-refractivity contribution in [3.63, 3.8) is 0 Å². The SMILES string of the molecule is COc1cc(Oc2ccnc3cc(OCCCO[C@H]4CCCCO4)c(OC)cc23)ccc1NC(=O)NC(=O)c1cncn1C. The van der Waals surface area contributed by atoms with Gasteiger partial charge in [-0.15, -0.1) is 0 Å². The van der Waals surface area contributed by atoms with Gasteiger partial charge in [0.05, 0.1) is 51.2 Å². The molecule has 1 aliphatic heterocycles. The van der Waals surface area contributed by atoms with Crippen LogP contribution in [0.1, 0.15) is 36.2 Å². The Morgan fingerprint density at radius 1 is 1.02 bits per heavy atom. The van der Waals surface area contributed by atoms with Gasteiger partial charge in [-0.3, -0.25) is 15.1 Å². The molecule has 44 heavy (non-hydrogen) atoms. The second kappa shape index (κ2) is 14.5. The number of urea groups is 1. The van der Waals surface area contributed by atoms with Crippen molar-refractivity contribution in [2.45, 2.75) is 32.0 Å². The Kier molecular flexibility index (Phi) is 10.1. The summed E-state index contributed by atoms with van der Waals surface area (Å²) >= 11 is 0. The molecular formula is C31H35N5O8. The first kappa shape index (κ1) is 30.6. The number of aryl methyl sites for hydroxylation is 1. The maximum absolute atomic E-state index is 12.5. The predicted octanol–water partition coefficient (Wildman–Crippen LogP) is 5.05. The zero-order valence-electron chi connectivity index (χ0n) is 24.8. The molecule has 2 aromatic carbocycles. The van der Waals surface area contributed by atoms with Gasteiger partial charge in [0.25, 0.3) is 5.91 Å². The van der Waals surface area contributed by atoms with Crippen LogP contribution in [-0.2, 0) is 16.5 Å². The fourth-order valence-corrected chi connectivity index (χ4v) is 4.65. The minimum atomic E-state index is -0.723. The van der Waals surface area contributed by atoms with Crippen LogP contribution in [0.5, 0.6) is 28.7 Å². The fourth-order valence-electron chi connectivity index (χ4n) is 4.65. The number of methoxy groups -OCH3 is 2. The molecule has 0 bridgehead atoms. The number of fused-ring (bicyclic) bond motifs is 1. The number of amides is 3. The molecule has 232 valence electrons. The van der Waals surface area contributed by atoms with Crippen LogP contribution < -0.4 is 29.6 Å². The molecule has 0 saturated carbocycles. The number of pyridine rings is 1. The third-order valence-electron chi connectivity index (χ3n) is 6.90. The van der Waals surface area contributed by atoms with Gasteiger partial charge in [-0.2, -0.15) is 0 Å². The molecule has 5 rings (SSSR count). The smallest absolute Gasteiger partial charge is 0.326 e. The van der Waals surface area contributed by atoms with Gasteiger partial charge in [-0.25, -0.2) is 9.78 Å². The molecule has 2 N–H and O–H groups in total. The van der Waals surface area contributed by atoms with E-state index in [1.165, 1.54) is 24.2 Å². The van der Waals surface area contributed by atoms with Gasteiger partial charge in [0.15, 0.2) is 17.8 Å². The number of imide groups is 1. The van der Waals surface area contributed by atoms with Crippen LogP contribution in [0, 0.1) is 0 Å². The highest BCUT2D eigenvalue weighted by Crippen LogP contribution is 2.38. The molecule has 0 aliphatic carbocycles. The van der Waals surface area contributed by atoms with E-state index in [9.17, 15) is 9.59 Å². The number of imidazole rings is 1. The fraction of sp³-hybridized carbons (Fsp3) is 0.355. The highest BCUT2D eigenvalue weighted by Gasteiger charge is 2.17. The number of nitrogens with zero attached hydrogens (tertiary/aromatic N) is 3. The Balaban J connectivity index is 1.23. The van der Waals surface area contributed by atoms with Gasteiger partial charge in [0.1, 0.15) is 22.9 Å². The van der Waals surface area contributed by atoms with Gasteiger partial charge < -0.3 is 38.3 Å². The zero-order chi connectivity index (χ0) is 30.9. The third-order valence-corrected chi connectivity index (χ3v) is 6.90. The van der Waals surface area contributed by atoms with E-state index < -0.39 is 11.9 Å². The van der Waals surface area contributed by atoms with Crippen LogP contribution >= 0.6 is 0 Å². The zero-order valence-corrected chi connectivity index (χ0v) is 24.8. The molecule has 0 radical (unpaired) electrons. The Hall–Kier alpha value is -4.88. The lowest BCUT2D eigenvalue weighted by Crippen LogP contribution is -2.35. The van der Waals surface area contributed by atoms with Crippen LogP contribution in [-0.4, -0.2) is 66.8 Å². The Labute approximate surface area is 254 Å². The summed E-state index contributed by atoms with van der Waals surface area (Å²) in [6.07, 6.45) is 8.19. The first-order valence-corrected chi connectivity index (χ1v) is 14.2. The van der Waals surface area contributed by atoms with E-state index in [0.29, 0.717) is 65.0 Å². The first-order chi connectivity index (χ1) is 21.4. The van der Waals surface area contributed by atoms with Gasteiger partial charge in [0, 0.05) is 43.8 Å². The number of ether oxygens (including phenoxy) is 6. The average Bonchev–Trinajstić information content (AvgIpc) is 3.47. The lowest BCUT2D eigenvalue weighted by molar-refractivity contribution is -0.163. The maximum atomic E-state index is 12.5. The third kappa shape index (κ3) is 7.54. The topological polar surface area (TPSA) is 144 Å². The minimum Gasteiger partial charge on any atom is -0.494 e. The molecule has 3 heterocycles. The lowest BCUT2D eigenvalue weighted by atomic mass is 10.1. The van der Waals surface area contributed by atoms with E-state index in [2.05, 4.69) is 20.6 Å². The number of benzene rings is 2. The highest BCUT2D eigenvalue weighted by atomic mass is 16.7. The van der Waals surface area contributed by atoms with Crippen LogP contribution in [0.2, 0.25) is 0 Å². The number of carbonyl (C=O) groups excluding carboxylic acids is 2. The Morgan fingerprint density at radius 2 is 1.89 bits per heavy atom. The van der Waals surface area contributed by atoms with E-state index in [1.54, 1.807) is 44.6 Å². The van der Waals surface area contributed by atoms with E-state index in [4.69, 9.17) is 28.4 Å². The first-order valence-electron chi connectivity index (χ1n) is 14.2. The molecule has 4 aromatic rings. The van der Waals surface area contributed by atoms with E-state index >= 15 is 0 Å². The minimum absolute atomic E-state index is 0.123. The van der Waals surface area contributed by atoms with Gasteiger partial charge >= 0.3 is 6.03 Å². The number of aromatic nitrogens is 3. The van der Waals surface area contributed by atoms with Crippen molar-refractivity contribution < 1.29 is 38.0 Å². The van der Waals surface area contributed by atoms with Crippen LogP contribution in [0.15, 0.2) is 55.1 Å². The molecule has 13 nitrogen and oxygen atoms in total. The number of nitrogens with one attached hydrogen (secondary N) is 2. The van der Waals surface area contributed by atoms with Crippen molar-refractivity contribution in [3.8, 4) is 28.7 Å². The number of hydrogen-bond acceptors (Lipinski definition) is 10. The average molecular weight is 606 g/mol. The molecule has 13 heteroatoms. The van der Waals surface area contributed by atoms with Crippen LogP contribution in [0.4, 0.5) is 10.5 Å². The molecule has 3 amide bonds. The molecule has 0 spiro atoms. The van der Waals surface area contributed by atoms with Crippen molar-refractivity contribution in [1.29, 1.82) is 0 Å².